The molecule has 0 aliphatic carbocycles. The van der Waals surface area contributed by atoms with Crippen LogP contribution in [-0.4, -0.2) is 60.5 Å². The van der Waals surface area contributed by atoms with Crippen molar-refractivity contribution in [3.63, 3.8) is 0 Å². The van der Waals surface area contributed by atoms with Crippen molar-refractivity contribution in [2.24, 2.45) is 0 Å². The topological polar surface area (TPSA) is 59.1 Å². The Kier molecular flexibility index (Phi) is 7.32. The molecule has 0 bridgehead atoms. The van der Waals surface area contributed by atoms with E-state index in [1.165, 1.54) is 17.7 Å². The van der Waals surface area contributed by atoms with Crippen molar-refractivity contribution in [2.45, 2.75) is 26.2 Å². The van der Waals surface area contributed by atoms with E-state index >= 15 is 0 Å². The predicted octanol–water partition coefficient (Wildman–Crippen LogP) is 3.58. The van der Waals surface area contributed by atoms with E-state index < -0.39 is 0 Å². The fourth-order valence-electron chi connectivity index (χ4n) is 2.92. The summed E-state index contributed by atoms with van der Waals surface area (Å²) in [6, 6.07) is 7.61. The third-order valence-corrected chi connectivity index (χ3v) is 5.42. The molecule has 2 aliphatic heterocycles. The Bertz CT molecular complexity index is 684. The summed E-state index contributed by atoms with van der Waals surface area (Å²) in [5, 5.41) is -0.214. The highest BCUT2D eigenvalue weighted by atomic mass is 32.2. The zero-order valence-corrected chi connectivity index (χ0v) is 16.5. The number of ether oxygens (including phenoxy) is 2. The first-order chi connectivity index (χ1) is 13.2. The molecule has 6 nitrogen and oxygen atoms in total. The van der Waals surface area contributed by atoms with Crippen LogP contribution in [0.2, 0.25) is 0 Å². The molecule has 2 saturated heterocycles. The smallest absolute Gasteiger partial charge is 0.294 e. The molecule has 2 aliphatic rings. The average Bonchev–Trinajstić information content (AvgIpc) is 2.95. The number of hydrogen-bond donors (Lipinski definition) is 0. The fourth-order valence-corrected chi connectivity index (χ4v) is 3.75. The van der Waals surface area contributed by atoms with Crippen LogP contribution in [0, 0.1) is 0 Å². The van der Waals surface area contributed by atoms with Crippen LogP contribution in [0.4, 0.5) is 4.79 Å². The Labute approximate surface area is 164 Å². The van der Waals surface area contributed by atoms with Gasteiger partial charge in [0.25, 0.3) is 11.1 Å². The maximum absolute atomic E-state index is 12.6. The molecule has 0 unspecified atom stereocenters. The molecule has 0 aromatic heterocycles. The lowest BCUT2D eigenvalue weighted by Crippen LogP contribution is -2.45. The van der Waals surface area contributed by atoms with Gasteiger partial charge in [-0.05, 0) is 42.0 Å². The van der Waals surface area contributed by atoms with Crippen LogP contribution in [0.15, 0.2) is 29.2 Å². The third kappa shape index (κ3) is 5.57. The quantitative estimate of drug-likeness (QED) is 0.499. The number of morpholine rings is 1. The number of unbranched alkanes of at least 4 members (excludes halogenated alkanes) is 2. The number of benzene rings is 1. The van der Waals surface area contributed by atoms with Crippen molar-refractivity contribution in [3.05, 3.63) is 34.7 Å². The predicted molar refractivity (Wildman–Crippen MR) is 107 cm³/mol. The molecule has 2 fully saturated rings. The Balaban J connectivity index is 1.58. The molecule has 2 heterocycles. The maximum Gasteiger partial charge on any atom is 0.294 e. The van der Waals surface area contributed by atoms with E-state index in [0.717, 1.165) is 42.6 Å². The van der Waals surface area contributed by atoms with Crippen LogP contribution < -0.4 is 4.74 Å². The highest BCUT2D eigenvalue weighted by Crippen LogP contribution is 2.32. The van der Waals surface area contributed by atoms with E-state index in [2.05, 4.69) is 11.8 Å². The number of carbonyl (C=O) groups is 2. The maximum atomic E-state index is 12.6. The van der Waals surface area contributed by atoms with Gasteiger partial charge in [-0.15, -0.1) is 0 Å². The number of imide groups is 1. The number of nitrogens with zero attached hydrogens (tertiary/aromatic N) is 2. The lowest BCUT2D eigenvalue weighted by molar-refractivity contribution is -0.125. The van der Waals surface area contributed by atoms with Crippen LogP contribution in [0.3, 0.4) is 0 Å². The molecule has 0 radical (unpaired) electrons. The highest BCUT2D eigenvalue weighted by Gasteiger charge is 2.36. The van der Waals surface area contributed by atoms with Crippen LogP contribution in [-0.2, 0) is 9.53 Å². The number of thioether (sulfide) groups is 1. The Hall–Kier alpha value is -1.83. The minimum Gasteiger partial charge on any atom is -0.494 e. The van der Waals surface area contributed by atoms with Gasteiger partial charge >= 0.3 is 0 Å². The van der Waals surface area contributed by atoms with Crippen molar-refractivity contribution < 1.29 is 19.1 Å². The van der Waals surface area contributed by atoms with Gasteiger partial charge < -0.3 is 9.47 Å². The van der Waals surface area contributed by atoms with Crippen molar-refractivity contribution in [2.75, 3.05) is 39.6 Å². The fraction of sp³-hybridized carbons (Fsp3) is 0.500. The monoisotopic (exact) mass is 390 g/mol. The second-order valence-electron chi connectivity index (χ2n) is 6.61. The van der Waals surface area contributed by atoms with Gasteiger partial charge in [-0.3, -0.25) is 19.4 Å². The molecule has 0 atom stereocenters. The second-order valence-corrected chi connectivity index (χ2v) is 7.60. The zero-order chi connectivity index (χ0) is 19.1. The van der Waals surface area contributed by atoms with Gasteiger partial charge in [0.15, 0.2) is 0 Å². The summed E-state index contributed by atoms with van der Waals surface area (Å²) >= 11 is 0.998. The Morgan fingerprint density at radius 3 is 2.59 bits per heavy atom. The van der Waals surface area contributed by atoms with Crippen molar-refractivity contribution >= 4 is 29.0 Å². The summed E-state index contributed by atoms with van der Waals surface area (Å²) in [5.41, 5.74) is 0.882. The largest absolute Gasteiger partial charge is 0.494 e. The molecule has 7 heteroatoms. The van der Waals surface area contributed by atoms with E-state index in [1.807, 2.05) is 24.3 Å². The second kappa shape index (κ2) is 9.92. The highest BCUT2D eigenvalue weighted by molar-refractivity contribution is 8.18. The first kappa shape index (κ1) is 19.9. The summed E-state index contributed by atoms with van der Waals surface area (Å²) in [7, 11) is 0. The molecule has 0 N–H and O–H groups in total. The molecule has 27 heavy (non-hydrogen) atoms. The molecule has 0 saturated carbocycles. The normalized spacial score (nSPS) is 19.9. The van der Waals surface area contributed by atoms with Gasteiger partial charge in [0.05, 0.1) is 31.4 Å². The van der Waals surface area contributed by atoms with Crippen LogP contribution in [0.5, 0.6) is 5.75 Å². The van der Waals surface area contributed by atoms with Crippen LogP contribution in [0.25, 0.3) is 6.08 Å². The van der Waals surface area contributed by atoms with Crippen LogP contribution >= 0.6 is 11.8 Å². The summed E-state index contributed by atoms with van der Waals surface area (Å²) in [6.07, 6.45) is 5.15. The molecule has 146 valence electrons. The first-order valence-electron chi connectivity index (χ1n) is 9.45. The van der Waals surface area contributed by atoms with Gasteiger partial charge in [0.1, 0.15) is 5.75 Å². The van der Waals surface area contributed by atoms with Crippen molar-refractivity contribution in [3.8, 4) is 5.75 Å². The van der Waals surface area contributed by atoms with Crippen molar-refractivity contribution in [1.29, 1.82) is 0 Å². The molecule has 0 spiro atoms. The van der Waals surface area contributed by atoms with E-state index in [1.54, 1.807) is 6.08 Å². The minimum atomic E-state index is -0.226. The molecule has 1 aromatic carbocycles. The van der Waals surface area contributed by atoms with E-state index in [9.17, 15) is 9.59 Å². The summed E-state index contributed by atoms with van der Waals surface area (Å²) < 4.78 is 11.0. The summed E-state index contributed by atoms with van der Waals surface area (Å²) in [6.45, 7) is 5.96. The number of rotatable bonds is 8. The van der Waals surface area contributed by atoms with Gasteiger partial charge in [-0.25, -0.2) is 0 Å². The Morgan fingerprint density at radius 2 is 1.89 bits per heavy atom. The van der Waals surface area contributed by atoms with Gasteiger partial charge in [0, 0.05) is 13.1 Å². The average molecular weight is 391 g/mol. The molecular formula is C20H26N2O4S. The number of amides is 2. The molecule has 2 amide bonds. The van der Waals surface area contributed by atoms with Gasteiger partial charge in [0.2, 0.25) is 0 Å². The van der Waals surface area contributed by atoms with E-state index in [0.29, 0.717) is 31.4 Å². The molecule has 3 rings (SSSR count). The number of carbonyl (C=O) groups excluding carboxylic acids is 2. The van der Waals surface area contributed by atoms with Gasteiger partial charge in [-0.1, -0.05) is 31.9 Å². The standard InChI is InChI=1S/C20H26N2O4S/c1-2-3-4-11-26-17-7-5-16(6-8-17)14-18-19(23)22(20(24)27-18)15-21-9-12-25-13-10-21/h5-8,14H,2-4,9-13,15H2,1H3/b18-14+. The minimum absolute atomic E-state index is 0.214. The van der Waals surface area contributed by atoms with E-state index in [4.69, 9.17) is 9.47 Å². The molecule has 1 aromatic rings. The molecular weight excluding hydrogens is 364 g/mol. The Morgan fingerprint density at radius 1 is 1.15 bits per heavy atom. The number of hydrogen-bond acceptors (Lipinski definition) is 6. The lowest BCUT2D eigenvalue weighted by Gasteiger charge is -2.29. The third-order valence-electron chi connectivity index (χ3n) is 4.51. The van der Waals surface area contributed by atoms with Gasteiger partial charge in [-0.2, -0.15) is 0 Å². The first-order valence-corrected chi connectivity index (χ1v) is 10.3. The van der Waals surface area contributed by atoms with Crippen LogP contribution in [0.1, 0.15) is 31.7 Å². The summed E-state index contributed by atoms with van der Waals surface area (Å²) in [5.74, 6) is 0.597. The van der Waals surface area contributed by atoms with E-state index in [-0.39, 0.29) is 11.1 Å². The SMILES string of the molecule is CCCCCOc1ccc(/C=C2/SC(=O)N(CN3CCOCC3)C2=O)cc1. The summed E-state index contributed by atoms with van der Waals surface area (Å²) in [4.78, 5) is 28.7. The van der Waals surface area contributed by atoms with Crippen molar-refractivity contribution in [1.82, 2.24) is 9.80 Å². The zero-order valence-electron chi connectivity index (χ0n) is 15.7. The lowest BCUT2D eigenvalue weighted by atomic mass is 10.2.